The molecule has 1 unspecified atom stereocenters. The first-order valence-electron chi connectivity index (χ1n) is 6.22. The second-order valence-corrected chi connectivity index (χ2v) is 4.93. The van der Waals surface area contributed by atoms with Crippen molar-refractivity contribution in [1.29, 1.82) is 0 Å². The average Bonchev–Trinajstić information content (AvgIpc) is 2.19. The summed E-state index contributed by atoms with van der Waals surface area (Å²) < 4.78 is 5.65. The van der Waals surface area contributed by atoms with E-state index in [4.69, 9.17) is 10.6 Å². The van der Waals surface area contributed by atoms with Crippen LogP contribution in [0.15, 0.2) is 0 Å². The molecular weight excluding hydrogens is 202 g/mol. The van der Waals surface area contributed by atoms with Gasteiger partial charge in [0.1, 0.15) is 0 Å². The molecule has 0 spiro atoms. The van der Waals surface area contributed by atoms with E-state index in [9.17, 15) is 0 Å². The van der Waals surface area contributed by atoms with E-state index in [2.05, 4.69) is 38.0 Å². The van der Waals surface area contributed by atoms with Gasteiger partial charge in [-0.2, -0.15) is 0 Å². The highest BCUT2D eigenvalue weighted by molar-refractivity contribution is 4.92. The van der Waals surface area contributed by atoms with Gasteiger partial charge in [0.2, 0.25) is 0 Å². The number of ether oxygens (including phenoxy) is 1. The number of hydrazine groups is 1. The Morgan fingerprint density at radius 3 is 2.06 bits per heavy atom. The van der Waals surface area contributed by atoms with Crippen LogP contribution in [-0.4, -0.2) is 42.3 Å². The van der Waals surface area contributed by atoms with Crippen molar-refractivity contribution in [3.05, 3.63) is 0 Å². The third-order valence-electron chi connectivity index (χ3n) is 3.23. The van der Waals surface area contributed by atoms with Crippen LogP contribution in [0.2, 0.25) is 0 Å². The fourth-order valence-corrected chi connectivity index (χ4v) is 2.00. The third kappa shape index (κ3) is 4.37. The molecule has 4 nitrogen and oxygen atoms in total. The molecule has 0 radical (unpaired) electrons. The summed E-state index contributed by atoms with van der Waals surface area (Å²) in [6.45, 7) is 15.5. The summed E-state index contributed by atoms with van der Waals surface area (Å²) in [5.74, 6) is 5.64. The van der Waals surface area contributed by atoms with Crippen molar-refractivity contribution in [2.24, 2.45) is 5.84 Å². The Bertz CT molecular complexity index is 179. The summed E-state index contributed by atoms with van der Waals surface area (Å²) in [6, 6.07) is 0.134. The lowest BCUT2D eigenvalue weighted by atomic mass is 9.93. The minimum Gasteiger partial charge on any atom is -0.377 e. The van der Waals surface area contributed by atoms with Crippen molar-refractivity contribution >= 4 is 0 Å². The molecule has 98 valence electrons. The van der Waals surface area contributed by atoms with E-state index < -0.39 is 0 Å². The molecular formula is C12H29N3O. The number of rotatable bonds is 8. The highest BCUT2D eigenvalue weighted by Crippen LogP contribution is 2.19. The van der Waals surface area contributed by atoms with E-state index in [1.54, 1.807) is 0 Å². The first-order valence-corrected chi connectivity index (χ1v) is 6.22. The van der Waals surface area contributed by atoms with Crippen molar-refractivity contribution in [2.45, 2.75) is 59.2 Å². The molecule has 0 heterocycles. The standard InChI is InChI=1S/C12H29N3O/c1-7-15(8-2)12(5,6)11(14-13)9-16-10(3)4/h10-11,14H,7-9,13H2,1-6H3. The molecule has 3 N–H and O–H groups in total. The Morgan fingerprint density at radius 1 is 1.25 bits per heavy atom. The normalized spacial score (nSPS) is 14.8. The van der Waals surface area contributed by atoms with Crippen LogP contribution in [0.3, 0.4) is 0 Å². The topological polar surface area (TPSA) is 50.5 Å². The number of hydrogen-bond acceptors (Lipinski definition) is 4. The lowest BCUT2D eigenvalue weighted by molar-refractivity contribution is 0.00694. The maximum absolute atomic E-state index is 5.65. The third-order valence-corrected chi connectivity index (χ3v) is 3.23. The molecule has 0 fully saturated rings. The van der Waals surface area contributed by atoms with Crippen LogP contribution in [0.25, 0.3) is 0 Å². The maximum atomic E-state index is 5.65. The maximum Gasteiger partial charge on any atom is 0.0654 e. The molecule has 4 heteroatoms. The Labute approximate surface area is 100 Å². The minimum atomic E-state index is -0.00681. The van der Waals surface area contributed by atoms with E-state index in [0.717, 1.165) is 13.1 Å². The number of hydrogen-bond donors (Lipinski definition) is 2. The van der Waals surface area contributed by atoms with Gasteiger partial charge in [0.25, 0.3) is 0 Å². The quantitative estimate of drug-likeness (QED) is 0.489. The van der Waals surface area contributed by atoms with Crippen molar-refractivity contribution in [3.63, 3.8) is 0 Å². The Hall–Kier alpha value is -0.160. The molecule has 0 rings (SSSR count). The van der Waals surface area contributed by atoms with E-state index in [0.29, 0.717) is 6.61 Å². The van der Waals surface area contributed by atoms with Gasteiger partial charge in [0.05, 0.1) is 18.8 Å². The highest BCUT2D eigenvalue weighted by atomic mass is 16.5. The zero-order valence-corrected chi connectivity index (χ0v) is 11.7. The van der Waals surface area contributed by atoms with Crippen LogP contribution in [-0.2, 0) is 4.74 Å². The number of nitrogens with two attached hydrogens (primary N) is 1. The summed E-state index contributed by atoms with van der Waals surface area (Å²) >= 11 is 0. The van der Waals surface area contributed by atoms with E-state index in [1.165, 1.54) is 0 Å². The van der Waals surface area contributed by atoms with E-state index >= 15 is 0 Å². The zero-order valence-electron chi connectivity index (χ0n) is 11.7. The molecule has 0 aliphatic rings. The summed E-state index contributed by atoms with van der Waals surface area (Å²) in [6.07, 6.45) is 0.239. The predicted octanol–water partition coefficient (Wildman–Crippen LogP) is 1.36. The van der Waals surface area contributed by atoms with Crippen LogP contribution < -0.4 is 11.3 Å². The van der Waals surface area contributed by atoms with Crippen LogP contribution in [0.4, 0.5) is 0 Å². The first-order chi connectivity index (χ1) is 7.39. The van der Waals surface area contributed by atoms with Crippen LogP contribution in [0.5, 0.6) is 0 Å². The molecule has 1 atom stereocenters. The largest absolute Gasteiger partial charge is 0.377 e. The van der Waals surface area contributed by atoms with Crippen LogP contribution >= 0.6 is 0 Å². The molecule has 0 amide bonds. The van der Waals surface area contributed by atoms with Crippen LogP contribution in [0, 0.1) is 0 Å². The van der Waals surface area contributed by atoms with Gasteiger partial charge in [-0.25, -0.2) is 0 Å². The van der Waals surface area contributed by atoms with Gasteiger partial charge in [-0.3, -0.25) is 16.2 Å². The lowest BCUT2D eigenvalue weighted by Gasteiger charge is -2.43. The molecule has 0 aliphatic heterocycles. The number of likely N-dealkylation sites (N-methyl/N-ethyl adjacent to an activating group) is 1. The van der Waals surface area contributed by atoms with Gasteiger partial charge in [-0.15, -0.1) is 0 Å². The monoisotopic (exact) mass is 231 g/mol. The highest BCUT2D eigenvalue weighted by Gasteiger charge is 2.33. The SMILES string of the molecule is CCN(CC)C(C)(C)C(COC(C)C)NN. The first kappa shape index (κ1) is 15.8. The summed E-state index contributed by atoms with van der Waals surface area (Å²) in [5.41, 5.74) is 2.87. The van der Waals surface area contributed by atoms with Crippen molar-refractivity contribution < 1.29 is 4.74 Å². The Morgan fingerprint density at radius 2 is 1.75 bits per heavy atom. The zero-order chi connectivity index (χ0) is 12.8. The second-order valence-electron chi connectivity index (χ2n) is 4.93. The molecule has 0 aromatic carbocycles. The van der Waals surface area contributed by atoms with E-state index in [-0.39, 0.29) is 17.7 Å². The van der Waals surface area contributed by atoms with Crippen LogP contribution in [0.1, 0.15) is 41.5 Å². The Balaban J connectivity index is 4.51. The molecule has 0 aromatic heterocycles. The van der Waals surface area contributed by atoms with Gasteiger partial charge in [0.15, 0.2) is 0 Å². The van der Waals surface area contributed by atoms with E-state index in [1.807, 2.05) is 13.8 Å². The second kappa shape index (κ2) is 7.22. The van der Waals surface area contributed by atoms with Gasteiger partial charge in [-0.1, -0.05) is 13.8 Å². The van der Waals surface area contributed by atoms with Crippen molar-refractivity contribution in [2.75, 3.05) is 19.7 Å². The summed E-state index contributed by atoms with van der Waals surface area (Å²) in [7, 11) is 0. The van der Waals surface area contributed by atoms with Gasteiger partial charge >= 0.3 is 0 Å². The molecule has 0 aliphatic carbocycles. The molecule has 0 bridgehead atoms. The van der Waals surface area contributed by atoms with Crippen molar-refractivity contribution in [3.8, 4) is 0 Å². The minimum absolute atomic E-state index is 0.00681. The van der Waals surface area contributed by atoms with Gasteiger partial charge in [-0.05, 0) is 40.8 Å². The molecule has 16 heavy (non-hydrogen) atoms. The van der Waals surface area contributed by atoms with Crippen molar-refractivity contribution in [1.82, 2.24) is 10.3 Å². The Kier molecular flexibility index (Phi) is 7.15. The van der Waals surface area contributed by atoms with Gasteiger partial charge in [0, 0.05) is 5.54 Å². The molecule has 0 aromatic rings. The van der Waals surface area contributed by atoms with Gasteiger partial charge < -0.3 is 4.74 Å². The lowest BCUT2D eigenvalue weighted by Crippen LogP contribution is -2.61. The fourth-order valence-electron chi connectivity index (χ4n) is 2.00. The molecule has 0 saturated heterocycles. The smallest absolute Gasteiger partial charge is 0.0654 e. The predicted molar refractivity (Wildman–Crippen MR) is 69.2 cm³/mol. The number of nitrogens with zero attached hydrogens (tertiary/aromatic N) is 1. The summed E-state index contributed by atoms with van der Waals surface area (Å²) in [5, 5.41) is 0. The number of nitrogens with one attached hydrogen (secondary N) is 1. The summed E-state index contributed by atoms with van der Waals surface area (Å²) in [4.78, 5) is 2.39. The average molecular weight is 231 g/mol. The molecule has 0 saturated carbocycles. The fraction of sp³-hybridized carbons (Fsp3) is 1.00.